The molecule has 21 heavy (non-hydrogen) atoms. The van der Waals surface area contributed by atoms with E-state index in [2.05, 4.69) is 27.5 Å². The van der Waals surface area contributed by atoms with Crippen molar-refractivity contribution in [1.82, 2.24) is 15.3 Å². The fourth-order valence-corrected chi connectivity index (χ4v) is 1.85. The molecule has 1 rings (SSSR count). The Morgan fingerprint density at radius 3 is 2.76 bits per heavy atom. The largest absolute Gasteiger partial charge is 0.462 e. The summed E-state index contributed by atoms with van der Waals surface area (Å²) in [4.78, 5) is 19.9. The van der Waals surface area contributed by atoms with Gasteiger partial charge in [-0.25, -0.2) is 14.8 Å². The summed E-state index contributed by atoms with van der Waals surface area (Å²) in [6.45, 7) is 6.78. The van der Waals surface area contributed by atoms with Crippen LogP contribution in [0.25, 0.3) is 0 Å². The number of nitrogens with zero attached hydrogens (tertiary/aromatic N) is 2. The van der Waals surface area contributed by atoms with Gasteiger partial charge in [-0.05, 0) is 32.5 Å². The number of esters is 1. The first kappa shape index (κ1) is 17.3. The van der Waals surface area contributed by atoms with Crippen LogP contribution in [0.3, 0.4) is 0 Å². The Morgan fingerprint density at radius 1 is 1.38 bits per heavy atom. The van der Waals surface area contributed by atoms with Gasteiger partial charge in [-0.2, -0.15) is 0 Å². The zero-order valence-corrected chi connectivity index (χ0v) is 13.5. The summed E-state index contributed by atoms with van der Waals surface area (Å²) in [5.74, 6) is -0.0460. The van der Waals surface area contributed by atoms with E-state index < -0.39 is 5.97 Å². The molecule has 1 aromatic heterocycles. The van der Waals surface area contributed by atoms with Crippen LogP contribution in [0, 0.1) is 6.92 Å². The maximum absolute atomic E-state index is 11.6. The van der Waals surface area contributed by atoms with Gasteiger partial charge in [0.15, 0.2) is 5.11 Å². The number of ether oxygens (including phenoxy) is 1. The van der Waals surface area contributed by atoms with Crippen LogP contribution in [0.1, 0.15) is 49.2 Å². The van der Waals surface area contributed by atoms with Crippen LogP contribution in [-0.4, -0.2) is 34.2 Å². The van der Waals surface area contributed by atoms with E-state index in [9.17, 15) is 4.79 Å². The molecular formula is C14H22N4O2S. The maximum Gasteiger partial charge on any atom is 0.341 e. The Hall–Kier alpha value is -1.76. The van der Waals surface area contributed by atoms with E-state index >= 15 is 0 Å². The molecule has 0 aromatic carbocycles. The second-order valence-electron chi connectivity index (χ2n) is 4.50. The van der Waals surface area contributed by atoms with Gasteiger partial charge in [0.2, 0.25) is 5.95 Å². The van der Waals surface area contributed by atoms with Crippen molar-refractivity contribution >= 4 is 29.2 Å². The molecule has 116 valence electrons. The van der Waals surface area contributed by atoms with Crippen molar-refractivity contribution in [1.29, 1.82) is 0 Å². The lowest BCUT2D eigenvalue weighted by Gasteiger charge is -2.10. The van der Waals surface area contributed by atoms with E-state index in [0.717, 1.165) is 13.0 Å². The molecule has 0 bridgehead atoms. The highest BCUT2D eigenvalue weighted by molar-refractivity contribution is 7.80. The predicted octanol–water partition coefficient (Wildman–Crippen LogP) is 2.44. The van der Waals surface area contributed by atoms with Crippen molar-refractivity contribution in [3.63, 3.8) is 0 Å². The first-order chi connectivity index (χ1) is 10.1. The number of aryl methyl sites for hydroxylation is 1. The number of anilines is 1. The number of unbranched alkanes of at least 4 members (excludes halogenated alkanes) is 2. The van der Waals surface area contributed by atoms with Crippen LogP contribution >= 0.6 is 12.2 Å². The number of thiocarbonyl (C=S) groups is 1. The third-order valence-corrected chi connectivity index (χ3v) is 3.01. The Bertz CT molecular complexity index is 494. The molecule has 0 unspecified atom stereocenters. The Morgan fingerprint density at radius 2 is 2.14 bits per heavy atom. The van der Waals surface area contributed by atoms with E-state index in [1.807, 2.05) is 0 Å². The molecule has 0 fully saturated rings. The average Bonchev–Trinajstić information content (AvgIpc) is 2.44. The topological polar surface area (TPSA) is 76.1 Å². The quantitative estimate of drug-likeness (QED) is 0.455. The zero-order chi connectivity index (χ0) is 15.7. The lowest BCUT2D eigenvalue weighted by atomic mass is 10.2. The van der Waals surface area contributed by atoms with Crippen molar-refractivity contribution in [3.8, 4) is 0 Å². The molecule has 1 aromatic rings. The van der Waals surface area contributed by atoms with Gasteiger partial charge in [-0.3, -0.25) is 0 Å². The molecular weight excluding hydrogens is 288 g/mol. The van der Waals surface area contributed by atoms with E-state index in [-0.39, 0.29) is 0 Å². The van der Waals surface area contributed by atoms with Crippen LogP contribution in [0.5, 0.6) is 0 Å². The highest BCUT2D eigenvalue weighted by Gasteiger charge is 2.12. The van der Waals surface area contributed by atoms with Crippen molar-refractivity contribution in [2.45, 2.75) is 40.0 Å². The summed E-state index contributed by atoms with van der Waals surface area (Å²) < 4.78 is 4.93. The van der Waals surface area contributed by atoms with E-state index in [1.54, 1.807) is 13.8 Å². The second-order valence-corrected chi connectivity index (χ2v) is 4.91. The summed E-state index contributed by atoms with van der Waals surface area (Å²) >= 11 is 5.16. The third kappa shape index (κ3) is 6.03. The SMILES string of the molecule is CCCCCNC(=S)Nc1ncc(C(=O)OCC)c(C)n1. The van der Waals surface area contributed by atoms with E-state index in [4.69, 9.17) is 17.0 Å². The minimum Gasteiger partial charge on any atom is -0.462 e. The Balaban J connectivity index is 2.55. The smallest absolute Gasteiger partial charge is 0.341 e. The molecule has 0 atom stereocenters. The summed E-state index contributed by atoms with van der Waals surface area (Å²) in [7, 11) is 0. The average molecular weight is 310 g/mol. The van der Waals surface area contributed by atoms with Crippen LogP contribution in [0.2, 0.25) is 0 Å². The molecule has 1 heterocycles. The molecule has 0 saturated carbocycles. The molecule has 0 spiro atoms. The van der Waals surface area contributed by atoms with Crippen molar-refractivity contribution < 1.29 is 9.53 Å². The van der Waals surface area contributed by atoms with Gasteiger partial charge in [0.1, 0.15) is 0 Å². The summed E-state index contributed by atoms with van der Waals surface area (Å²) in [5.41, 5.74) is 0.920. The normalized spacial score (nSPS) is 10.0. The number of carbonyl (C=O) groups excluding carboxylic acids is 1. The number of rotatable bonds is 7. The fraction of sp³-hybridized carbons (Fsp3) is 0.571. The van der Waals surface area contributed by atoms with Gasteiger partial charge in [-0.1, -0.05) is 19.8 Å². The van der Waals surface area contributed by atoms with Crippen LogP contribution in [0.4, 0.5) is 5.95 Å². The lowest BCUT2D eigenvalue weighted by Crippen LogP contribution is -2.30. The molecule has 0 aliphatic carbocycles. The van der Waals surface area contributed by atoms with Crippen LogP contribution in [-0.2, 0) is 4.74 Å². The number of carbonyl (C=O) groups is 1. The summed E-state index contributed by atoms with van der Waals surface area (Å²) in [6, 6.07) is 0. The molecule has 2 N–H and O–H groups in total. The van der Waals surface area contributed by atoms with Crippen LogP contribution < -0.4 is 10.6 Å². The van der Waals surface area contributed by atoms with Gasteiger partial charge in [-0.15, -0.1) is 0 Å². The van der Waals surface area contributed by atoms with Crippen molar-refractivity contribution in [2.75, 3.05) is 18.5 Å². The molecule has 0 amide bonds. The zero-order valence-electron chi connectivity index (χ0n) is 12.7. The first-order valence-electron chi connectivity index (χ1n) is 7.14. The van der Waals surface area contributed by atoms with Crippen LogP contribution in [0.15, 0.2) is 6.20 Å². The first-order valence-corrected chi connectivity index (χ1v) is 7.54. The summed E-state index contributed by atoms with van der Waals surface area (Å²) in [6.07, 6.45) is 4.85. The maximum atomic E-state index is 11.6. The molecule has 0 radical (unpaired) electrons. The van der Waals surface area contributed by atoms with Crippen molar-refractivity contribution in [2.24, 2.45) is 0 Å². The Kier molecular flexibility index (Phi) is 7.60. The Labute approximate surface area is 130 Å². The fourth-order valence-electron chi connectivity index (χ4n) is 1.66. The van der Waals surface area contributed by atoms with Gasteiger partial charge in [0.05, 0.1) is 17.9 Å². The standard InChI is InChI=1S/C14H22N4O2S/c1-4-6-7-8-15-14(21)18-13-16-9-11(10(3)17-13)12(19)20-5-2/h9H,4-8H2,1-3H3,(H2,15,16,17,18,21). The number of hydrogen-bond donors (Lipinski definition) is 2. The van der Waals surface area contributed by atoms with E-state index in [0.29, 0.717) is 28.9 Å². The second kappa shape index (κ2) is 9.23. The van der Waals surface area contributed by atoms with E-state index in [1.165, 1.54) is 19.0 Å². The summed E-state index contributed by atoms with van der Waals surface area (Å²) in [5, 5.41) is 6.48. The van der Waals surface area contributed by atoms with Gasteiger partial charge in [0.25, 0.3) is 0 Å². The molecule has 0 saturated heterocycles. The molecule has 0 aliphatic heterocycles. The highest BCUT2D eigenvalue weighted by atomic mass is 32.1. The molecule has 7 heteroatoms. The highest BCUT2D eigenvalue weighted by Crippen LogP contribution is 2.08. The minimum absolute atomic E-state index is 0.323. The van der Waals surface area contributed by atoms with Crippen molar-refractivity contribution in [3.05, 3.63) is 17.5 Å². The number of nitrogens with one attached hydrogen (secondary N) is 2. The third-order valence-electron chi connectivity index (χ3n) is 2.77. The lowest BCUT2D eigenvalue weighted by molar-refractivity contribution is 0.0524. The van der Waals surface area contributed by atoms with Gasteiger partial charge < -0.3 is 15.4 Å². The minimum atomic E-state index is -0.415. The number of aromatic nitrogens is 2. The van der Waals surface area contributed by atoms with Gasteiger partial charge in [0, 0.05) is 12.7 Å². The number of hydrogen-bond acceptors (Lipinski definition) is 5. The molecule has 0 aliphatic rings. The molecule has 6 nitrogen and oxygen atoms in total. The van der Waals surface area contributed by atoms with Gasteiger partial charge >= 0.3 is 5.97 Å². The predicted molar refractivity (Wildman–Crippen MR) is 86.5 cm³/mol. The monoisotopic (exact) mass is 310 g/mol.